The number of nitrogens with zero attached hydrogens (tertiary/aromatic N) is 2. The molecule has 4 heteroatoms. The summed E-state index contributed by atoms with van der Waals surface area (Å²) in [6, 6.07) is 4.63. The zero-order valence-corrected chi connectivity index (χ0v) is 11.1. The number of rotatable bonds is 4. The molecule has 3 nitrogen and oxygen atoms in total. The lowest BCUT2D eigenvalue weighted by atomic mass is 10.1. The molecule has 0 bridgehead atoms. The van der Waals surface area contributed by atoms with Gasteiger partial charge in [0.25, 0.3) is 0 Å². The highest BCUT2D eigenvalue weighted by Gasteiger charge is 2.12. The summed E-state index contributed by atoms with van der Waals surface area (Å²) < 4.78 is 18.2. The molecule has 1 aliphatic rings. The minimum atomic E-state index is -0.275. The smallest absolute Gasteiger partial charge is 0.170 e. The van der Waals surface area contributed by atoms with Crippen LogP contribution in [0.4, 0.5) is 4.39 Å². The summed E-state index contributed by atoms with van der Waals surface area (Å²) in [5, 5.41) is 5.00. The van der Waals surface area contributed by atoms with Gasteiger partial charge in [0, 0.05) is 11.5 Å². The predicted octanol–water partition coefficient (Wildman–Crippen LogP) is 3.39. The van der Waals surface area contributed by atoms with E-state index in [0.717, 1.165) is 30.5 Å². The minimum Gasteiger partial charge on any atom is -0.356 e. The van der Waals surface area contributed by atoms with E-state index in [9.17, 15) is 4.39 Å². The molecule has 102 valence electrons. The lowest BCUT2D eigenvalue weighted by molar-refractivity contribution is 0.226. The third-order valence-corrected chi connectivity index (χ3v) is 3.85. The minimum absolute atomic E-state index is 0.275. The molecule has 1 aliphatic heterocycles. The van der Waals surface area contributed by atoms with E-state index in [0.29, 0.717) is 5.58 Å². The number of hydrogen-bond donors (Lipinski definition) is 0. The Morgan fingerprint density at radius 3 is 2.89 bits per heavy atom. The summed E-state index contributed by atoms with van der Waals surface area (Å²) in [6.07, 6.45) is 6.00. The molecule has 0 aliphatic carbocycles. The highest BCUT2D eigenvalue weighted by atomic mass is 19.1. The molecule has 1 aromatic heterocycles. The van der Waals surface area contributed by atoms with Gasteiger partial charge in [0.1, 0.15) is 5.82 Å². The lowest BCUT2D eigenvalue weighted by Gasteiger charge is -2.26. The summed E-state index contributed by atoms with van der Waals surface area (Å²) in [5.74, 6) is -0.275. The number of aromatic nitrogens is 1. The summed E-state index contributed by atoms with van der Waals surface area (Å²) in [5.41, 5.74) is 1.50. The standard InChI is InChI=1S/C15H19FN2O/c16-12-6-7-13-14(17-19-15(13)11-12)5-4-10-18-8-2-1-3-9-18/h6-7,11H,1-5,8-10H2. The van der Waals surface area contributed by atoms with Crippen LogP contribution in [0.2, 0.25) is 0 Å². The van der Waals surface area contributed by atoms with Crippen LogP contribution >= 0.6 is 0 Å². The largest absolute Gasteiger partial charge is 0.356 e. The molecule has 0 saturated carbocycles. The molecule has 0 spiro atoms. The van der Waals surface area contributed by atoms with Gasteiger partial charge < -0.3 is 9.42 Å². The first kappa shape index (κ1) is 12.6. The zero-order valence-electron chi connectivity index (χ0n) is 11.1. The third kappa shape index (κ3) is 2.95. The fourth-order valence-electron chi connectivity index (χ4n) is 2.80. The van der Waals surface area contributed by atoms with Gasteiger partial charge in [0.05, 0.1) is 5.69 Å². The number of benzene rings is 1. The Bertz CT molecular complexity index is 546. The van der Waals surface area contributed by atoms with Gasteiger partial charge in [-0.25, -0.2) is 4.39 Å². The van der Waals surface area contributed by atoms with Gasteiger partial charge in [0.2, 0.25) is 0 Å². The van der Waals surface area contributed by atoms with Gasteiger partial charge in [-0.3, -0.25) is 0 Å². The SMILES string of the molecule is Fc1ccc2c(CCCN3CCCCC3)noc2c1. The monoisotopic (exact) mass is 262 g/mol. The lowest BCUT2D eigenvalue weighted by Crippen LogP contribution is -2.30. The van der Waals surface area contributed by atoms with E-state index in [1.165, 1.54) is 44.5 Å². The summed E-state index contributed by atoms with van der Waals surface area (Å²) in [4.78, 5) is 2.52. The van der Waals surface area contributed by atoms with Crippen LogP contribution in [-0.4, -0.2) is 29.7 Å². The number of fused-ring (bicyclic) bond motifs is 1. The highest BCUT2D eigenvalue weighted by Crippen LogP contribution is 2.20. The number of aryl methyl sites for hydroxylation is 1. The molecule has 2 heterocycles. The van der Waals surface area contributed by atoms with Gasteiger partial charge in [-0.15, -0.1) is 0 Å². The fourth-order valence-corrected chi connectivity index (χ4v) is 2.80. The molecule has 3 rings (SSSR count). The number of hydrogen-bond acceptors (Lipinski definition) is 3. The van der Waals surface area contributed by atoms with Gasteiger partial charge in [-0.2, -0.15) is 0 Å². The van der Waals surface area contributed by atoms with Crippen LogP contribution in [0.25, 0.3) is 11.0 Å². The van der Waals surface area contributed by atoms with Crippen molar-refractivity contribution in [2.45, 2.75) is 32.1 Å². The molecule has 1 aromatic carbocycles. The van der Waals surface area contributed by atoms with Gasteiger partial charge in [0.15, 0.2) is 5.58 Å². The molecule has 0 radical (unpaired) electrons. The summed E-state index contributed by atoms with van der Waals surface area (Å²) >= 11 is 0. The molecule has 1 fully saturated rings. The van der Waals surface area contributed by atoms with E-state index < -0.39 is 0 Å². The van der Waals surface area contributed by atoms with Crippen LogP contribution in [0.1, 0.15) is 31.4 Å². The van der Waals surface area contributed by atoms with E-state index in [4.69, 9.17) is 4.52 Å². The average molecular weight is 262 g/mol. The molecule has 0 N–H and O–H groups in total. The second-order valence-electron chi connectivity index (χ2n) is 5.28. The first-order chi connectivity index (χ1) is 9.33. The maximum Gasteiger partial charge on any atom is 0.170 e. The Morgan fingerprint density at radius 2 is 2.05 bits per heavy atom. The van der Waals surface area contributed by atoms with Crippen molar-refractivity contribution in [2.24, 2.45) is 0 Å². The van der Waals surface area contributed by atoms with E-state index in [2.05, 4.69) is 10.1 Å². The van der Waals surface area contributed by atoms with Crippen LogP contribution < -0.4 is 0 Å². The zero-order chi connectivity index (χ0) is 13.1. The van der Waals surface area contributed by atoms with Crippen molar-refractivity contribution in [2.75, 3.05) is 19.6 Å². The fraction of sp³-hybridized carbons (Fsp3) is 0.533. The topological polar surface area (TPSA) is 29.3 Å². The number of halogens is 1. The van der Waals surface area contributed by atoms with Crippen molar-refractivity contribution in [3.05, 3.63) is 29.7 Å². The second-order valence-corrected chi connectivity index (χ2v) is 5.28. The maximum atomic E-state index is 13.0. The van der Waals surface area contributed by atoms with E-state index in [1.54, 1.807) is 6.07 Å². The first-order valence-electron chi connectivity index (χ1n) is 7.09. The molecular weight excluding hydrogens is 243 g/mol. The average Bonchev–Trinajstić information content (AvgIpc) is 2.82. The quantitative estimate of drug-likeness (QED) is 0.845. The van der Waals surface area contributed by atoms with E-state index in [-0.39, 0.29) is 5.82 Å². The predicted molar refractivity (Wildman–Crippen MR) is 72.6 cm³/mol. The molecular formula is C15H19FN2O. The van der Waals surface area contributed by atoms with Crippen LogP contribution in [0.5, 0.6) is 0 Å². The summed E-state index contributed by atoms with van der Waals surface area (Å²) in [7, 11) is 0. The molecule has 0 atom stereocenters. The Hall–Kier alpha value is -1.42. The van der Waals surface area contributed by atoms with Crippen LogP contribution in [0.3, 0.4) is 0 Å². The Kier molecular flexibility index (Phi) is 3.78. The van der Waals surface area contributed by atoms with Crippen molar-refractivity contribution in [3.63, 3.8) is 0 Å². The number of piperidine rings is 1. The van der Waals surface area contributed by atoms with Crippen molar-refractivity contribution in [3.8, 4) is 0 Å². The molecule has 19 heavy (non-hydrogen) atoms. The van der Waals surface area contributed by atoms with Crippen LogP contribution in [-0.2, 0) is 6.42 Å². The van der Waals surface area contributed by atoms with E-state index in [1.807, 2.05) is 0 Å². The van der Waals surface area contributed by atoms with Gasteiger partial charge in [-0.05, 0) is 57.5 Å². The maximum absolute atomic E-state index is 13.0. The van der Waals surface area contributed by atoms with Gasteiger partial charge >= 0.3 is 0 Å². The van der Waals surface area contributed by atoms with E-state index >= 15 is 0 Å². The summed E-state index contributed by atoms with van der Waals surface area (Å²) in [6.45, 7) is 3.57. The second kappa shape index (κ2) is 5.70. The van der Waals surface area contributed by atoms with Crippen LogP contribution in [0.15, 0.2) is 22.7 Å². The highest BCUT2D eigenvalue weighted by molar-refractivity contribution is 5.79. The Labute approximate surface area is 112 Å². The van der Waals surface area contributed by atoms with Crippen molar-refractivity contribution < 1.29 is 8.91 Å². The number of likely N-dealkylation sites (tertiary alicyclic amines) is 1. The first-order valence-corrected chi connectivity index (χ1v) is 7.09. The Balaban J connectivity index is 1.59. The molecule has 1 saturated heterocycles. The third-order valence-electron chi connectivity index (χ3n) is 3.85. The van der Waals surface area contributed by atoms with Crippen molar-refractivity contribution >= 4 is 11.0 Å². The van der Waals surface area contributed by atoms with Crippen molar-refractivity contribution in [1.82, 2.24) is 10.1 Å². The normalized spacial score (nSPS) is 17.1. The van der Waals surface area contributed by atoms with Crippen molar-refractivity contribution in [1.29, 1.82) is 0 Å². The molecule has 2 aromatic rings. The van der Waals surface area contributed by atoms with Gasteiger partial charge in [-0.1, -0.05) is 11.6 Å². The Morgan fingerprint density at radius 1 is 1.21 bits per heavy atom. The molecule has 0 unspecified atom stereocenters. The van der Waals surface area contributed by atoms with Crippen LogP contribution in [0, 0.1) is 5.82 Å². The molecule has 0 amide bonds.